The van der Waals surface area contributed by atoms with Crippen molar-refractivity contribution < 1.29 is 0 Å². The van der Waals surface area contributed by atoms with E-state index in [9.17, 15) is 0 Å². The molecule has 3 nitrogen and oxygen atoms in total. The third-order valence-corrected chi connectivity index (χ3v) is 2.07. The van der Waals surface area contributed by atoms with E-state index in [1.807, 2.05) is 24.0 Å². The van der Waals surface area contributed by atoms with Crippen LogP contribution in [0.1, 0.15) is 12.5 Å². The first-order chi connectivity index (χ1) is 6.24. The smallest absolute Gasteiger partial charge is 0.166 e. The Labute approximate surface area is 83.6 Å². The van der Waals surface area contributed by atoms with E-state index in [0.29, 0.717) is 5.11 Å². The molecule has 0 aliphatic rings. The van der Waals surface area contributed by atoms with Gasteiger partial charge in [-0.2, -0.15) is 0 Å². The minimum atomic E-state index is 0.444. The lowest BCUT2D eigenvalue weighted by molar-refractivity contribution is 0.438. The molecule has 2 N–H and O–H groups in total. The second-order valence-electron chi connectivity index (χ2n) is 2.71. The van der Waals surface area contributed by atoms with Gasteiger partial charge >= 0.3 is 0 Å². The summed E-state index contributed by atoms with van der Waals surface area (Å²) in [5.41, 5.74) is 6.71. The Morgan fingerprint density at radius 2 is 2.15 bits per heavy atom. The van der Waals surface area contributed by atoms with Gasteiger partial charge in [0.2, 0.25) is 0 Å². The predicted molar refractivity (Wildman–Crippen MR) is 57.1 cm³/mol. The third-order valence-electron chi connectivity index (χ3n) is 1.82. The fraction of sp³-hybridized carbons (Fsp3) is 0.333. The second kappa shape index (κ2) is 4.77. The van der Waals surface area contributed by atoms with Crippen LogP contribution in [0, 0.1) is 0 Å². The highest BCUT2D eigenvalue weighted by Crippen LogP contribution is 2.02. The normalized spacial score (nSPS) is 9.62. The van der Waals surface area contributed by atoms with Crippen molar-refractivity contribution in [2.45, 2.75) is 13.5 Å². The van der Waals surface area contributed by atoms with Crippen molar-refractivity contribution >= 4 is 17.3 Å². The van der Waals surface area contributed by atoms with Crippen LogP contribution in [-0.4, -0.2) is 21.5 Å². The van der Waals surface area contributed by atoms with E-state index >= 15 is 0 Å². The molecule has 0 unspecified atom stereocenters. The predicted octanol–water partition coefficient (Wildman–Crippen LogP) is 1.15. The van der Waals surface area contributed by atoms with Gasteiger partial charge in [-0.1, -0.05) is 0 Å². The molecule has 0 aliphatic heterocycles. The van der Waals surface area contributed by atoms with Crippen LogP contribution in [-0.2, 0) is 6.54 Å². The highest BCUT2D eigenvalue weighted by atomic mass is 32.1. The molecule has 0 saturated carbocycles. The molecule has 13 heavy (non-hydrogen) atoms. The molecule has 1 rings (SSSR count). The van der Waals surface area contributed by atoms with Crippen molar-refractivity contribution in [2.75, 3.05) is 6.54 Å². The van der Waals surface area contributed by atoms with E-state index in [1.165, 1.54) is 5.56 Å². The van der Waals surface area contributed by atoms with Gasteiger partial charge in [0.25, 0.3) is 0 Å². The van der Waals surface area contributed by atoms with Crippen LogP contribution in [0.5, 0.6) is 0 Å². The van der Waals surface area contributed by atoms with Crippen LogP contribution in [0.2, 0.25) is 0 Å². The van der Waals surface area contributed by atoms with Gasteiger partial charge < -0.3 is 10.6 Å². The Hall–Kier alpha value is -1.16. The molecule has 0 fully saturated rings. The van der Waals surface area contributed by atoms with E-state index in [4.69, 9.17) is 18.0 Å². The van der Waals surface area contributed by atoms with Gasteiger partial charge in [0.1, 0.15) is 0 Å². The summed E-state index contributed by atoms with van der Waals surface area (Å²) in [6.07, 6.45) is 3.53. The quantitative estimate of drug-likeness (QED) is 0.735. The number of thiocarbonyl (C=S) groups is 1. The average molecular weight is 195 g/mol. The number of rotatable bonds is 3. The molecule has 0 spiro atoms. The third kappa shape index (κ3) is 2.99. The number of pyridine rings is 1. The zero-order chi connectivity index (χ0) is 9.68. The van der Waals surface area contributed by atoms with Crippen LogP contribution in [0.25, 0.3) is 0 Å². The molecule has 0 aliphatic carbocycles. The van der Waals surface area contributed by atoms with Crippen molar-refractivity contribution in [3.63, 3.8) is 0 Å². The summed E-state index contributed by atoms with van der Waals surface area (Å²) in [5.74, 6) is 0. The lowest BCUT2D eigenvalue weighted by Crippen LogP contribution is -2.34. The van der Waals surface area contributed by atoms with Crippen molar-refractivity contribution in [3.8, 4) is 0 Å². The molecule has 0 aromatic carbocycles. The standard InChI is InChI=1S/C9H13N3S/c1-2-12(9(10)13)7-8-3-5-11-6-4-8/h3-6H,2,7H2,1H3,(H2,10,13). The first-order valence-corrected chi connectivity index (χ1v) is 4.58. The molecule has 0 amide bonds. The Balaban J connectivity index is 2.62. The Morgan fingerprint density at radius 3 is 2.62 bits per heavy atom. The number of hydrogen-bond acceptors (Lipinski definition) is 2. The topological polar surface area (TPSA) is 42.2 Å². The Morgan fingerprint density at radius 1 is 1.54 bits per heavy atom. The summed E-state index contributed by atoms with van der Waals surface area (Å²) >= 11 is 4.90. The molecule has 70 valence electrons. The van der Waals surface area contributed by atoms with Crippen molar-refractivity contribution in [1.82, 2.24) is 9.88 Å². The molecule has 0 saturated heterocycles. The van der Waals surface area contributed by atoms with E-state index in [2.05, 4.69) is 4.98 Å². The highest BCUT2D eigenvalue weighted by Gasteiger charge is 2.03. The van der Waals surface area contributed by atoms with Gasteiger partial charge in [-0.05, 0) is 36.8 Å². The van der Waals surface area contributed by atoms with Crippen LogP contribution in [0.15, 0.2) is 24.5 Å². The lowest BCUT2D eigenvalue weighted by Gasteiger charge is -2.20. The van der Waals surface area contributed by atoms with Crippen LogP contribution in [0.4, 0.5) is 0 Å². The molecule has 0 bridgehead atoms. The fourth-order valence-corrected chi connectivity index (χ4v) is 1.25. The Kier molecular flexibility index (Phi) is 3.64. The zero-order valence-corrected chi connectivity index (χ0v) is 8.42. The summed E-state index contributed by atoms with van der Waals surface area (Å²) < 4.78 is 0. The van der Waals surface area contributed by atoms with Crippen molar-refractivity contribution in [2.24, 2.45) is 5.73 Å². The minimum absolute atomic E-state index is 0.444. The Bertz CT molecular complexity index is 273. The zero-order valence-electron chi connectivity index (χ0n) is 7.60. The fourth-order valence-electron chi connectivity index (χ4n) is 1.05. The number of nitrogens with zero attached hydrogens (tertiary/aromatic N) is 2. The summed E-state index contributed by atoms with van der Waals surface area (Å²) in [6.45, 7) is 3.62. The molecule has 4 heteroatoms. The maximum absolute atomic E-state index is 5.54. The molecular formula is C9H13N3S. The van der Waals surface area contributed by atoms with Crippen LogP contribution in [0.3, 0.4) is 0 Å². The first-order valence-electron chi connectivity index (χ1n) is 4.17. The summed E-state index contributed by atoms with van der Waals surface area (Å²) in [5, 5.41) is 0.444. The monoisotopic (exact) mass is 195 g/mol. The van der Waals surface area contributed by atoms with Gasteiger partial charge in [0.05, 0.1) is 0 Å². The van der Waals surface area contributed by atoms with Crippen molar-refractivity contribution in [1.29, 1.82) is 0 Å². The van der Waals surface area contributed by atoms with E-state index in [-0.39, 0.29) is 0 Å². The van der Waals surface area contributed by atoms with Gasteiger partial charge in [-0.3, -0.25) is 4.98 Å². The number of nitrogens with two attached hydrogens (primary N) is 1. The van der Waals surface area contributed by atoms with Gasteiger partial charge in [0.15, 0.2) is 5.11 Å². The van der Waals surface area contributed by atoms with E-state index in [1.54, 1.807) is 12.4 Å². The second-order valence-corrected chi connectivity index (χ2v) is 3.13. The SMILES string of the molecule is CCN(Cc1ccncc1)C(N)=S. The average Bonchev–Trinajstić information content (AvgIpc) is 2.15. The van der Waals surface area contributed by atoms with E-state index in [0.717, 1.165) is 13.1 Å². The van der Waals surface area contributed by atoms with Crippen LogP contribution >= 0.6 is 12.2 Å². The van der Waals surface area contributed by atoms with Gasteiger partial charge in [-0.25, -0.2) is 0 Å². The number of aromatic nitrogens is 1. The molecule has 1 aromatic rings. The maximum atomic E-state index is 5.54. The molecule has 1 aromatic heterocycles. The first kappa shape index (κ1) is 9.92. The highest BCUT2D eigenvalue weighted by molar-refractivity contribution is 7.80. The summed E-state index contributed by atoms with van der Waals surface area (Å²) in [4.78, 5) is 5.88. The summed E-state index contributed by atoms with van der Waals surface area (Å²) in [7, 11) is 0. The molecule has 0 atom stereocenters. The molecule has 1 heterocycles. The summed E-state index contributed by atoms with van der Waals surface area (Å²) in [6, 6.07) is 3.92. The molecule has 0 radical (unpaired) electrons. The lowest BCUT2D eigenvalue weighted by atomic mass is 10.2. The van der Waals surface area contributed by atoms with Crippen LogP contribution < -0.4 is 5.73 Å². The minimum Gasteiger partial charge on any atom is -0.376 e. The van der Waals surface area contributed by atoms with Crippen molar-refractivity contribution in [3.05, 3.63) is 30.1 Å². The maximum Gasteiger partial charge on any atom is 0.166 e. The number of hydrogen-bond donors (Lipinski definition) is 1. The van der Waals surface area contributed by atoms with Gasteiger partial charge in [0, 0.05) is 25.5 Å². The van der Waals surface area contributed by atoms with Gasteiger partial charge in [-0.15, -0.1) is 0 Å². The molecular weight excluding hydrogens is 182 g/mol. The largest absolute Gasteiger partial charge is 0.376 e. The van der Waals surface area contributed by atoms with E-state index < -0.39 is 0 Å².